The number of hydrogen-bond donors (Lipinski definition) is 0. The number of nitrogens with zero attached hydrogens (tertiary/aromatic N) is 1. The van der Waals surface area contributed by atoms with Crippen LogP contribution in [0.25, 0.3) is 0 Å². The lowest BCUT2D eigenvalue weighted by Crippen LogP contribution is -1.91. The molecule has 5 heteroatoms. The van der Waals surface area contributed by atoms with Gasteiger partial charge in [0.2, 0.25) is 0 Å². The highest BCUT2D eigenvalue weighted by atomic mass is 32.2. The highest BCUT2D eigenvalue weighted by molar-refractivity contribution is 8.00. The normalized spacial score (nSPS) is 10.4. The summed E-state index contributed by atoms with van der Waals surface area (Å²) < 4.78 is 0. The monoisotopic (exact) mass is 339 g/mol. The Balaban J connectivity index is 1.91. The first-order chi connectivity index (χ1) is 11.2. The third-order valence-electron chi connectivity index (χ3n) is 3.08. The lowest BCUT2D eigenvalue weighted by atomic mass is 10.3. The van der Waals surface area contributed by atoms with Crippen molar-refractivity contribution in [3.8, 4) is 0 Å². The van der Waals surface area contributed by atoms with Gasteiger partial charge >= 0.3 is 0 Å². The summed E-state index contributed by atoms with van der Waals surface area (Å²) in [6.45, 7) is 0. The Kier molecular flexibility index (Phi) is 5.00. The van der Waals surface area contributed by atoms with Gasteiger partial charge in [-0.2, -0.15) is 0 Å². The maximum absolute atomic E-state index is 11.3. The Bertz CT molecular complexity index is 808. The molecule has 0 N–H and O–H groups in total. The Labute approximate surface area is 142 Å². The molecule has 3 aromatic carbocycles. The van der Waals surface area contributed by atoms with Gasteiger partial charge in [-0.25, -0.2) is 0 Å². The van der Waals surface area contributed by atoms with Gasteiger partial charge in [0.15, 0.2) is 0 Å². The molecule has 0 aliphatic rings. The van der Waals surface area contributed by atoms with E-state index in [1.165, 1.54) is 11.8 Å². The largest absolute Gasteiger partial charge is 0.283 e. The van der Waals surface area contributed by atoms with E-state index in [1.54, 1.807) is 23.9 Å². The molecular formula is C18H13NO2S2. The van der Waals surface area contributed by atoms with E-state index >= 15 is 0 Å². The number of hydrogen-bond acceptors (Lipinski definition) is 4. The van der Waals surface area contributed by atoms with Gasteiger partial charge in [-0.05, 0) is 36.4 Å². The van der Waals surface area contributed by atoms with Crippen molar-refractivity contribution >= 4 is 29.2 Å². The van der Waals surface area contributed by atoms with Gasteiger partial charge in [-0.15, -0.1) is 0 Å². The number of rotatable bonds is 5. The molecule has 114 valence electrons. The molecule has 3 nitrogen and oxygen atoms in total. The number of nitro groups is 1. The molecule has 23 heavy (non-hydrogen) atoms. The van der Waals surface area contributed by atoms with Gasteiger partial charge in [-0.3, -0.25) is 10.1 Å². The molecule has 0 aromatic heterocycles. The molecule has 3 rings (SSSR count). The van der Waals surface area contributed by atoms with Crippen LogP contribution in [0.4, 0.5) is 5.69 Å². The van der Waals surface area contributed by atoms with E-state index in [9.17, 15) is 10.1 Å². The van der Waals surface area contributed by atoms with E-state index in [0.717, 1.165) is 14.7 Å². The Morgan fingerprint density at radius 2 is 1.26 bits per heavy atom. The second-order valence-corrected chi connectivity index (χ2v) is 6.98. The van der Waals surface area contributed by atoms with Gasteiger partial charge in [0.05, 0.1) is 9.82 Å². The molecule has 0 spiro atoms. The molecule has 3 aromatic rings. The standard InChI is InChI=1S/C18H13NO2S2/c20-19(21)17-12-11-16(22-14-7-3-1-4-8-14)13-18(17)23-15-9-5-2-6-10-15/h1-13H. The minimum absolute atomic E-state index is 0.135. The summed E-state index contributed by atoms with van der Waals surface area (Å²) in [5.41, 5.74) is 0.135. The molecule has 0 saturated heterocycles. The van der Waals surface area contributed by atoms with Crippen molar-refractivity contribution in [2.75, 3.05) is 0 Å². The van der Waals surface area contributed by atoms with E-state index in [4.69, 9.17) is 0 Å². The lowest BCUT2D eigenvalue weighted by Gasteiger charge is -2.06. The van der Waals surface area contributed by atoms with Crippen LogP contribution in [0.2, 0.25) is 0 Å². The van der Waals surface area contributed by atoms with Crippen molar-refractivity contribution in [3.63, 3.8) is 0 Å². The molecule has 0 radical (unpaired) electrons. The molecule has 0 bridgehead atoms. The van der Waals surface area contributed by atoms with Crippen LogP contribution in [0.5, 0.6) is 0 Å². The summed E-state index contributed by atoms with van der Waals surface area (Å²) in [5.74, 6) is 0. The quantitative estimate of drug-likeness (QED) is 0.429. The first-order valence-electron chi connectivity index (χ1n) is 6.96. The van der Waals surface area contributed by atoms with Gasteiger partial charge in [0.1, 0.15) is 0 Å². The van der Waals surface area contributed by atoms with E-state index in [-0.39, 0.29) is 10.6 Å². The fourth-order valence-corrected chi connectivity index (χ4v) is 3.96. The van der Waals surface area contributed by atoms with Crippen LogP contribution < -0.4 is 0 Å². The second-order valence-electron chi connectivity index (χ2n) is 4.72. The van der Waals surface area contributed by atoms with Crippen LogP contribution >= 0.6 is 23.5 Å². The van der Waals surface area contributed by atoms with E-state index < -0.39 is 0 Å². The Hall–Kier alpha value is -2.24. The molecule has 0 heterocycles. The number of nitro benzene ring substituents is 1. The van der Waals surface area contributed by atoms with Crippen LogP contribution in [0, 0.1) is 10.1 Å². The average molecular weight is 339 g/mol. The fourth-order valence-electron chi connectivity index (χ4n) is 2.03. The van der Waals surface area contributed by atoms with E-state index in [0.29, 0.717) is 4.90 Å². The lowest BCUT2D eigenvalue weighted by molar-refractivity contribution is -0.387. The summed E-state index contributed by atoms with van der Waals surface area (Å²) in [4.78, 5) is 14.7. The van der Waals surface area contributed by atoms with Crippen molar-refractivity contribution in [1.82, 2.24) is 0 Å². The van der Waals surface area contributed by atoms with Gasteiger partial charge < -0.3 is 0 Å². The molecule has 0 aliphatic carbocycles. The zero-order valence-corrected chi connectivity index (χ0v) is 13.7. The summed E-state index contributed by atoms with van der Waals surface area (Å²) in [7, 11) is 0. The first kappa shape index (κ1) is 15.6. The maximum Gasteiger partial charge on any atom is 0.283 e. The second kappa shape index (κ2) is 7.35. The van der Waals surface area contributed by atoms with Crippen LogP contribution in [-0.2, 0) is 0 Å². The summed E-state index contributed by atoms with van der Waals surface area (Å²) in [5, 5.41) is 11.3. The minimum atomic E-state index is -0.331. The molecule has 0 fully saturated rings. The van der Waals surface area contributed by atoms with E-state index in [1.807, 2.05) is 66.7 Å². The predicted octanol–water partition coefficient (Wildman–Crippen LogP) is 5.90. The SMILES string of the molecule is O=[N+]([O-])c1ccc(Sc2ccccc2)cc1Sc1ccccc1. The van der Waals surface area contributed by atoms with Crippen molar-refractivity contribution in [3.05, 3.63) is 89.0 Å². The predicted molar refractivity (Wildman–Crippen MR) is 94.2 cm³/mol. The molecule has 0 saturated carbocycles. The van der Waals surface area contributed by atoms with Gasteiger partial charge in [0, 0.05) is 20.8 Å². The van der Waals surface area contributed by atoms with E-state index in [2.05, 4.69) is 0 Å². The molecule has 0 amide bonds. The van der Waals surface area contributed by atoms with Crippen LogP contribution in [-0.4, -0.2) is 4.92 Å². The molecule has 0 unspecified atom stereocenters. The average Bonchev–Trinajstić information content (AvgIpc) is 2.57. The fraction of sp³-hybridized carbons (Fsp3) is 0. The minimum Gasteiger partial charge on any atom is -0.258 e. The highest BCUT2D eigenvalue weighted by Crippen LogP contribution is 2.38. The third kappa shape index (κ3) is 4.15. The van der Waals surface area contributed by atoms with Crippen LogP contribution in [0.15, 0.2) is 98.4 Å². The van der Waals surface area contributed by atoms with Crippen LogP contribution in [0.1, 0.15) is 0 Å². The van der Waals surface area contributed by atoms with Crippen LogP contribution in [0.3, 0.4) is 0 Å². The Morgan fingerprint density at radius 3 is 1.83 bits per heavy atom. The molecule has 0 aliphatic heterocycles. The van der Waals surface area contributed by atoms with Gasteiger partial charge in [-0.1, -0.05) is 59.9 Å². The topological polar surface area (TPSA) is 43.1 Å². The zero-order valence-electron chi connectivity index (χ0n) is 12.1. The first-order valence-corrected chi connectivity index (χ1v) is 8.60. The van der Waals surface area contributed by atoms with Crippen molar-refractivity contribution in [2.24, 2.45) is 0 Å². The highest BCUT2D eigenvalue weighted by Gasteiger charge is 2.15. The Morgan fingerprint density at radius 1 is 0.696 bits per heavy atom. The van der Waals surface area contributed by atoms with Gasteiger partial charge in [0.25, 0.3) is 5.69 Å². The zero-order chi connectivity index (χ0) is 16.1. The molecule has 0 atom stereocenters. The van der Waals surface area contributed by atoms with Crippen molar-refractivity contribution < 1.29 is 4.92 Å². The summed E-state index contributed by atoms with van der Waals surface area (Å²) in [6.07, 6.45) is 0. The smallest absolute Gasteiger partial charge is 0.258 e. The van der Waals surface area contributed by atoms with Crippen molar-refractivity contribution in [1.29, 1.82) is 0 Å². The maximum atomic E-state index is 11.3. The molecular weight excluding hydrogens is 326 g/mol. The van der Waals surface area contributed by atoms with Crippen molar-refractivity contribution in [2.45, 2.75) is 19.6 Å². The number of benzene rings is 3. The summed E-state index contributed by atoms with van der Waals surface area (Å²) >= 11 is 3.01. The summed E-state index contributed by atoms with van der Waals surface area (Å²) in [6, 6.07) is 24.9. The third-order valence-corrected chi connectivity index (χ3v) is 5.13.